The first-order chi connectivity index (χ1) is 13.5. The Hall–Kier alpha value is -3.46. The Kier molecular flexibility index (Phi) is 5.85. The van der Waals surface area contributed by atoms with Crippen LogP contribution in [0.4, 0.5) is 5.69 Å². The molecule has 0 radical (unpaired) electrons. The van der Waals surface area contributed by atoms with Gasteiger partial charge in [-0.2, -0.15) is 0 Å². The van der Waals surface area contributed by atoms with Crippen LogP contribution in [0.3, 0.4) is 0 Å². The smallest absolute Gasteiger partial charge is 0.255 e. The summed E-state index contributed by atoms with van der Waals surface area (Å²) < 4.78 is 10.2. The van der Waals surface area contributed by atoms with Crippen LogP contribution in [0.1, 0.15) is 31.1 Å². The second-order valence-electron chi connectivity index (χ2n) is 6.08. The summed E-state index contributed by atoms with van der Waals surface area (Å²) in [7, 11) is 1.37. The molecule has 3 amide bonds. The number of amides is 3. The van der Waals surface area contributed by atoms with Crippen LogP contribution in [-0.2, 0) is 4.74 Å². The third kappa shape index (κ3) is 4.26. The quantitative estimate of drug-likeness (QED) is 0.790. The van der Waals surface area contributed by atoms with Gasteiger partial charge in [0.15, 0.2) is 0 Å². The number of ether oxygens (including phenoxy) is 2. The summed E-state index contributed by atoms with van der Waals surface area (Å²) >= 11 is 0. The van der Waals surface area contributed by atoms with E-state index < -0.39 is 11.8 Å². The van der Waals surface area contributed by atoms with Gasteiger partial charge in [-0.1, -0.05) is 0 Å². The monoisotopic (exact) mass is 384 g/mol. The molecular weight excluding hydrogens is 364 g/mol. The number of carbonyl (C=O) groups is 3. The Balaban J connectivity index is 1.70. The zero-order valence-electron chi connectivity index (χ0n) is 15.3. The van der Waals surface area contributed by atoms with Gasteiger partial charge in [-0.25, -0.2) is 4.98 Å². The van der Waals surface area contributed by atoms with Crippen molar-refractivity contribution in [1.29, 1.82) is 0 Å². The highest BCUT2D eigenvalue weighted by molar-refractivity contribution is 6.06. The van der Waals surface area contributed by atoms with Gasteiger partial charge in [0.25, 0.3) is 17.7 Å². The minimum Gasteiger partial charge on any atom is -0.480 e. The average molecular weight is 384 g/mol. The highest BCUT2D eigenvalue weighted by Crippen LogP contribution is 2.19. The predicted molar refractivity (Wildman–Crippen MR) is 100 cm³/mol. The number of rotatable bonds is 5. The molecule has 0 aliphatic carbocycles. The van der Waals surface area contributed by atoms with E-state index in [4.69, 9.17) is 15.2 Å². The molecule has 0 spiro atoms. The second-order valence-corrected chi connectivity index (χ2v) is 6.08. The molecule has 0 unspecified atom stereocenters. The molecule has 2 aromatic rings. The normalized spacial score (nSPS) is 13.7. The number of morpholine rings is 1. The van der Waals surface area contributed by atoms with Crippen molar-refractivity contribution in [2.45, 2.75) is 0 Å². The van der Waals surface area contributed by atoms with Gasteiger partial charge >= 0.3 is 0 Å². The summed E-state index contributed by atoms with van der Waals surface area (Å²) in [5.74, 6) is -1.14. The van der Waals surface area contributed by atoms with E-state index in [9.17, 15) is 14.4 Å². The number of aromatic nitrogens is 1. The van der Waals surface area contributed by atoms with Crippen molar-refractivity contribution in [2.75, 3.05) is 38.7 Å². The zero-order valence-corrected chi connectivity index (χ0v) is 15.3. The van der Waals surface area contributed by atoms with E-state index in [-0.39, 0.29) is 17.4 Å². The van der Waals surface area contributed by atoms with Gasteiger partial charge in [-0.15, -0.1) is 0 Å². The fourth-order valence-corrected chi connectivity index (χ4v) is 2.78. The second kappa shape index (κ2) is 8.49. The summed E-state index contributed by atoms with van der Waals surface area (Å²) in [4.78, 5) is 42.0. The zero-order chi connectivity index (χ0) is 20.1. The van der Waals surface area contributed by atoms with Crippen molar-refractivity contribution in [3.8, 4) is 5.88 Å². The van der Waals surface area contributed by atoms with Gasteiger partial charge < -0.3 is 25.4 Å². The van der Waals surface area contributed by atoms with Crippen LogP contribution in [0.15, 0.2) is 36.5 Å². The van der Waals surface area contributed by atoms with Crippen molar-refractivity contribution in [2.24, 2.45) is 5.73 Å². The van der Waals surface area contributed by atoms with Crippen LogP contribution in [0.25, 0.3) is 0 Å². The number of anilines is 1. The molecule has 1 aromatic carbocycles. The molecule has 0 atom stereocenters. The van der Waals surface area contributed by atoms with Gasteiger partial charge in [0.1, 0.15) is 5.56 Å². The molecule has 3 rings (SSSR count). The third-order valence-corrected chi connectivity index (χ3v) is 4.26. The molecule has 9 heteroatoms. The largest absolute Gasteiger partial charge is 0.480 e. The number of methoxy groups -OCH3 is 1. The highest BCUT2D eigenvalue weighted by atomic mass is 16.5. The minimum atomic E-state index is -0.716. The molecule has 3 N–H and O–H groups in total. The maximum absolute atomic E-state index is 12.4. The summed E-state index contributed by atoms with van der Waals surface area (Å²) in [6, 6.07) is 7.73. The van der Waals surface area contributed by atoms with Crippen molar-refractivity contribution >= 4 is 23.4 Å². The lowest BCUT2D eigenvalue weighted by Gasteiger charge is -2.26. The number of primary amides is 1. The van der Waals surface area contributed by atoms with Gasteiger partial charge in [0, 0.05) is 24.2 Å². The number of benzene rings is 1. The predicted octanol–water partition coefficient (Wildman–Crippen LogP) is 0.914. The molecule has 9 nitrogen and oxygen atoms in total. The van der Waals surface area contributed by atoms with E-state index >= 15 is 0 Å². The molecule has 1 aliphatic heterocycles. The van der Waals surface area contributed by atoms with Gasteiger partial charge in [0.2, 0.25) is 5.88 Å². The first kappa shape index (κ1) is 19.3. The fourth-order valence-electron chi connectivity index (χ4n) is 2.78. The first-order valence-corrected chi connectivity index (χ1v) is 8.62. The highest BCUT2D eigenvalue weighted by Gasteiger charge is 2.19. The molecule has 146 valence electrons. The minimum absolute atomic E-state index is 0.0618. The number of carbonyl (C=O) groups excluding carboxylic acids is 3. The molecular formula is C19H20N4O5. The van der Waals surface area contributed by atoms with Crippen LogP contribution in [0.5, 0.6) is 5.88 Å². The Bertz CT molecular complexity index is 892. The number of nitrogens with one attached hydrogen (secondary N) is 1. The number of nitrogens with zero attached hydrogens (tertiary/aromatic N) is 2. The Morgan fingerprint density at radius 2 is 1.79 bits per heavy atom. The summed E-state index contributed by atoms with van der Waals surface area (Å²) in [5.41, 5.74) is 6.51. The lowest BCUT2D eigenvalue weighted by molar-refractivity contribution is 0.0303. The molecule has 1 fully saturated rings. The molecule has 1 aromatic heterocycles. The van der Waals surface area contributed by atoms with E-state index in [0.717, 1.165) is 0 Å². The lowest BCUT2D eigenvalue weighted by Crippen LogP contribution is -2.40. The molecule has 2 heterocycles. The van der Waals surface area contributed by atoms with Crippen LogP contribution >= 0.6 is 0 Å². The number of hydrogen-bond acceptors (Lipinski definition) is 6. The van der Waals surface area contributed by atoms with Gasteiger partial charge in [0.05, 0.1) is 32.2 Å². The Morgan fingerprint density at radius 1 is 1.14 bits per heavy atom. The van der Waals surface area contributed by atoms with Crippen molar-refractivity contribution in [1.82, 2.24) is 9.88 Å². The number of nitrogens with two attached hydrogens (primary N) is 1. The van der Waals surface area contributed by atoms with Gasteiger partial charge in [-0.3, -0.25) is 14.4 Å². The van der Waals surface area contributed by atoms with Gasteiger partial charge in [-0.05, 0) is 30.3 Å². The van der Waals surface area contributed by atoms with Crippen molar-refractivity contribution in [3.63, 3.8) is 0 Å². The van der Waals surface area contributed by atoms with Crippen molar-refractivity contribution < 1.29 is 23.9 Å². The van der Waals surface area contributed by atoms with Crippen LogP contribution in [0, 0.1) is 0 Å². The van der Waals surface area contributed by atoms with Crippen LogP contribution in [-0.4, -0.2) is 61.0 Å². The van der Waals surface area contributed by atoms with E-state index in [1.807, 2.05) is 0 Å². The van der Waals surface area contributed by atoms with Crippen LogP contribution in [0.2, 0.25) is 0 Å². The van der Waals surface area contributed by atoms with E-state index in [0.29, 0.717) is 43.1 Å². The van der Waals surface area contributed by atoms with Crippen molar-refractivity contribution in [3.05, 3.63) is 53.2 Å². The van der Waals surface area contributed by atoms with E-state index in [1.165, 1.54) is 19.4 Å². The number of pyridine rings is 1. The maximum Gasteiger partial charge on any atom is 0.255 e. The lowest BCUT2D eigenvalue weighted by atomic mass is 10.1. The van der Waals surface area contributed by atoms with Crippen LogP contribution < -0.4 is 15.8 Å². The molecule has 0 bridgehead atoms. The molecule has 1 saturated heterocycles. The summed E-state index contributed by atoms with van der Waals surface area (Å²) in [6.45, 7) is 2.15. The maximum atomic E-state index is 12.4. The molecule has 0 saturated carbocycles. The SMILES string of the molecule is COc1ncc(NC(=O)c2ccc(C(=O)N3CCOCC3)cc2)cc1C(N)=O. The standard InChI is InChI=1S/C19H20N4O5/c1-27-18-15(16(20)24)10-14(11-21-18)22-17(25)12-2-4-13(5-3-12)19(26)23-6-8-28-9-7-23/h2-5,10-11H,6-9H2,1H3,(H2,20,24)(H,22,25). The topological polar surface area (TPSA) is 124 Å². The number of hydrogen-bond donors (Lipinski definition) is 2. The van der Waals surface area contributed by atoms with E-state index in [1.54, 1.807) is 29.2 Å². The Morgan fingerprint density at radius 3 is 2.39 bits per heavy atom. The fraction of sp³-hybridized carbons (Fsp3) is 0.263. The Labute approximate surface area is 161 Å². The molecule has 28 heavy (non-hydrogen) atoms. The summed E-state index contributed by atoms with van der Waals surface area (Å²) in [5, 5.41) is 2.64. The average Bonchev–Trinajstić information content (AvgIpc) is 2.73. The summed E-state index contributed by atoms with van der Waals surface area (Å²) in [6.07, 6.45) is 1.36. The first-order valence-electron chi connectivity index (χ1n) is 8.62. The third-order valence-electron chi connectivity index (χ3n) is 4.26. The van der Waals surface area contributed by atoms with E-state index in [2.05, 4.69) is 10.3 Å². The molecule has 1 aliphatic rings.